The molecule has 73 heavy (non-hydrogen) atoms. The number of phenols is 1. The second-order valence-electron chi connectivity index (χ2n) is 20.1. The largest absolute Gasteiger partial charge is 0.505 e. The van der Waals surface area contributed by atoms with Gasteiger partial charge in [0.25, 0.3) is 0 Å². The molecular weight excluding hydrogens is 889 g/mol. The van der Waals surface area contributed by atoms with Crippen LogP contribution in [0.15, 0.2) is 229 Å². The summed E-state index contributed by atoms with van der Waals surface area (Å²) in [4.78, 5) is 4.66. The zero-order chi connectivity index (χ0) is 49.3. The van der Waals surface area contributed by atoms with Crippen molar-refractivity contribution in [2.24, 2.45) is 0 Å². The Morgan fingerprint density at radius 3 is 1.84 bits per heavy atom. The number of rotatable bonds is 10. The number of furan rings is 1. The van der Waals surface area contributed by atoms with Crippen LogP contribution in [-0.4, -0.2) is 5.11 Å². The Morgan fingerprint density at radius 2 is 1.11 bits per heavy atom. The van der Waals surface area contributed by atoms with Gasteiger partial charge in [0.15, 0.2) is 5.58 Å². The third kappa shape index (κ3) is 7.44. The quantitative estimate of drug-likeness (QED) is 0.139. The van der Waals surface area contributed by atoms with Crippen molar-refractivity contribution in [3.63, 3.8) is 0 Å². The van der Waals surface area contributed by atoms with Gasteiger partial charge in [-0.25, -0.2) is 0 Å². The van der Waals surface area contributed by atoms with E-state index in [1.807, 2.05) is 0 Å². The van der Waals surface area contributed by atoms with Crippen LogP contribution in [-0.2, 0) is 0 Å². The molecule has 1 unspecified atom stereocenters. The molecule has 4 nitrogen and oxygen atoms in total. The van der Waals surface area contributed by atoms with Crippen LogP contribution in [0.4, 0.5) is 34.1 Å². The summed E-state index contributed by atoms with van der Waals surface area (Å²) in [5, 5.41) is 21.8. The van der Waals surface area contributed by atoms with Gasteiger partial charge in [-0.2, -0.15) is 0 Å². The molecular formula is C69H54N2O2. The number of aromatic hydroxyl groups is 1. The van der Waals surface area contributed by atoms with Crippen molar-refractivity contribution < 1.29 is 9.52 Å². The van der Waals surface area contributed by atoms with E-state index in [4.69, 9.17) is 4.42 Å². The van der Waals surface area contributed by atoms with Crippen molar-refractivity contribution >= 4 is 94.0 Å². The topological polar surface area (TPSA) is 39.9 Å². The van der Waals surface area contributed by atoms with E-state index in [0.717, 1.165) is 106 Å². The van der Waals surface area contributed by atoms with Gasteiger partial charge >= 0.3 is 0 Å². The van der Waals surface area contributed by atoms with E-state index in [1.165, 1.54) is 33.0 Å². The van der Waals surface area contributed by atoms with Crippen LogP contribution < -0.4 is 9.80 Å². The van der Waals surface area contributed by atoms with Crippen molar-refractivity contribution in [1.82, 2.24) is 0 Å². The Hall–Kier alpha value is -8.86. The third-order valence-corrected chi connectivity index (χ3v) is 15.2. The van der Waals surface area contributed by atoms with Crippen molar-refractivity contribution in [1.29, 1.82) is 0 Å². The van der Waals surface area contributed by atoms with Crippen LogP contribution in [0.5, 0.6) is 5.75 Å². The number of benzene rings is 11. The van der Waals surface area contributed by atoms with E-state index in [-0.39, 0.29) is 11.7 Å². The number of allylic oxidation sites excluding steroid dienone is 4. The highest BCUT2D eigenvalue weighted by Crippen LogP contribution is 2.52. The van der Waals surface area contributed by atoms with E-state index in [1.54, 1.807) is 0 Å². The molecule has 0 amide bonds. The number of nitrogens with zero attached hydrogens (tertiary/aromatic N) is 2. The molecule has 13 rings (SSSR count). The average molecular weight is 943 g/mol. The summed E-state index contributed by atoms with van der Waals surface area (Å²) in [5.74, 6) is 0.771. The highest BCUT2D eigenvalue weighted by molar-refractivity contribution is 6.28. The highest BCUT2D eigenvalue weighted by atomic mass is 16.3. The van der Waals surface area contributed by atoms with Gasteiger partial charge in [0.2, 0.25) is 0 Å². The van der Waals surface area contributed by atoms with E-state index in [2.05, 4.69) is 262 Å². The fourth-order valence-corrected chi connectivity index (χ4v) is 11.6. The van der Waals surface area contributed by atoms with Gasteiger partial charge in [-0.1, -0.05) is 190 Å². The molecule has 0 bridgehead atoms. The third-order valence-electron chi connectivity index (χ3n) is 15.2. The Bertz CT molecular complexity index is 4160. The molecule has 4 heteroatoms. The molecule has 352 valence electrons. The molecule has 0 spiro atoms. The minimum Gasteiger partial charge on any atom is -0.505 e. The van der Waals surface area contributed by atoms with E-state index >= 15 is 0 Å². The summed E-state index contributed by atoms with van der Waals surface area (Å²) < 4.78 is 7.11. The van der Waals surface area contributed by atoms with Crippen molar-refractivity contribution in [2.75, 3.05) is 9.80 Å². The van der Waals surface area contributed by atoms with Crippen LogP contribution in [0.3, 0.4) is 0 Å². The van der Waals surface area contributed by atoms with E-state index in [0.29, 0.717) is 5.92 Å². The van der Waals surface area contributed by atoms with Crippen molar-refractivity contribution in [3.8, 4) is 16.9 Å². The lowest BCUT2D eigenvalue weighted by atomic mass is 9.85. The molecule has 1 aromatic heterocycles. The second kappa shape index (κ2) is 17.8. The maximum absolute atomic E-state index is 12.8. The average Bonchev–Trinajstić information content (AvgIpc) is 3.82. The maximum atomic E-state index is 12.8. The molecule has 0 radical (unpaired) electrons. The fourth-order valence-electron chi connectivity index (χ4n) is 11.6. The predicted octanol–water partition coefficient (Wildman–Crippen LogP) is 19.7. The molecule has 1 aliphatic carbocycles. The van der Waals surface area contributed by atoms with E-state index < -0.39 is 0 Å². The minimum absolute atomic E-state index is 0.214. The number of hydrogen-bond acceptors (Lipinski definition) is 4. The van der Waals surface area contributed by atoms with Gasteiger partial charge in [-0.3, -0.25) is 0 Å². The number of para-hydroxylation sites is 3. The molecule has 1 aliphatic rings. The van der Waals surface area contributed by atoms with E-state index in [9.17, 15) is 5.11 Å². The second-order valence-corrected chi connectivity index (χ2v) is 20.1. The smallest absolute Gasteiger partial charge is 0.159 e. The van der Waals surface area contributed by atoms with Crippen LogP contribution in [0, 0.1) is 13.8 Å². The molecule has 12 aromatic rings. The standard InChI is InChI=1S/C69H54N2O2/c1-43(2)49-20-12-24-53(42-49)70(63-30-14-26-55(67(63)72)51-22-11-21-50(41-51)54-25-9-8-17-45(54)4)61-38-34-47-33-37-60-62(39-35-48-32-36-59(61)65(47)66(48)60)71(52-23-10-16-44(3)40-52)64-31-15-29-58-57-28-13-27-56(68(57)73-69(58)64)46-18-6-5-7-19-46/h5-20,22-43,50,72H,21H2,1-4H3. The van der Waals surface area contributed by atoms with Crippen LogP contribution >= 0.6 is 0 Å². The normalized spacial score (nSPS) is 13.8. The maximum Gasteiger partial charge on any atom is 0.159 e. The number of fused-ring (bicyclic) bond motifs is 3. The van der Waals surface area contributed by atoms with Gasteiger partial charge in [-0.15, -0.1) is 0 Å². The Balaban J connectivity index is 1.02. The van der Waals surface area contributed by atoms with Gasteiger partial charge in [0, 0.05) is 50.0 Å². The van der Waals surface area contributed by atoms with Gasteiger partial charge in [0.05, 0.1) is 22.7 Å². The fraction of sp³-hybridized carbons (Fsp3) is 0.101. The summed E-state index contributed by atoms with van der Waals surface area (Å²) in [6.07, 6.45) is 7.66. The lowest BCUT2D eigenvalue weighted by molar-refractivity contribution is 0.475. The monoisotopic (exact) mass is 942 g/mol. The molecule has 1 heterocycles. The Morgan fingerprint density at radius 1 is 0.507 bits per heavy atom. The van der Waals surface area contributed by atoms with Gasteiger partial charge < -0.3 is 19.3 Å². The first-order chi connectivity index (χ1) is 35.8. The molecule has 0 saturated heterocycles. The van der Waals surface area contributed by atoms with Crippen molar-refractivity contribution in [3.05, 3.63) is 252 Å². The minimum atomic E-state index is 0.214. The lowest BCUT2D eigenvalue weighted by Gasteiger charge is -2.30. The number of anilines is 6. The zero-order valence-electron chi connectivity index (χ0n) is 41.5. The highest BCUT2D eigenvalue weighted by Gasteiger charge is 2.27. The summed E-state index contributed by atoms with van der Waals surface area (Å²) in [6.45, 7) is 8.81. The molecule has 11 aromatic carbocycles. The first kappa shape index (κ1) is 44.1. The molecule has 1 atom stereocenters. The summed E-state index contributed by atoms with van der Waals surface area (Å²) in [6, 6.07) is 74.0. The molecule has 1 N–H and O–H groups in total. The van der Waals surface area contributed by atoms with Crippen LogP contribution in [0.25, 0.3) is 71.0 Å². The van der Waals surface area contributed by atoms with Gasteiger partial charge in [0.1, 0.15) is 11.3 Å². The van der Waals surface area contributed by atoms with Crippen LogP contribution in [0.2, 0.25) is 0 Å². The number of hydrogen-bond donors (Lipinski definition) is 1. The first-order valence-electron chi connectivity index (χ1n) is 25.5. The Labute approximate surface area is 426 Å². The lowest BCUT2D eigenvalue weighted by Crippen LogP contribution is -2.12. The summed E-state index contributed by atoms with van der Waals surface area (Å²) >= 11 is 0. The van der Waals surface area contributed by atoms with Crippen molar-refractivity contribution in [2.45, 2.75) is 46.0 Å². The summed E-state index contributed by atoms with van der Waals surface area (Å²) in [7, 11) is 0. The predicted molar refractivity (Wildman–Crippen MR) is 308 cm³/mol. The molecule has 0 aliphatic heterocycles. The molecule has 0 fully saturated rings. The number of phenolic OH excluding ortho intramolecular Hbond substituents is 1. The van der Waals surface area contributed by atoms with Gasteiger partial charge in [-0.05, 0) is 130 Å². The van der Waals surface area contributed by atoms with Crippen LogP contribution in [0.1, 0.15) is 59.9 Å². The number of aryl methyl sites for hydroxylation is 2. The molecule has 0 saturated carbocycles. The first-order valence-corrected chi connectivity index (χ1v) is 25.5. The zero-order valence-corrected chi connectivity index (χ0v) is 41.5. The Kier molecular flexibility index (Phi) is 10.7. The SMILES string of the molecule is Cc1cccc(N(c2ccc3ccc4c(N(c5cccc(C(C)C)c5)c5cccc(C6=CC(c7ccccc7C)CC=C6)c5O)ccc5ccc2c3c54)c2cccc3c2oc2c(-c4ccccc4)cccc23)c1. The summed E-state index contributed by atoms with van der Waals surface area (Å²) in [5.41, 5.74) is 16.5.